The lowest BCUT2D eigenvalue weighted by Gasteiger charge is -2.05. The summed E-state index contributed by atoms with van der Waals surface area (Å²) in [6, 6.07) is 0. The number of ether oxygens (including phenoxy) is 1. The molecule has 0 aromatic heterocycles. The molecule has 0 rings (SSSR count). The molecule has 0 saturated carbocycles. The molecule has 0 atom stereocenters. The molecule has 0 bridgehead atoms. The minimum atomic E-state index is -3.46. The summed E-state index contributed by atoms with van der Waals surface area (Å²) >= 11 is 1.07. The molecule has 0 aliphatic carbocycles. The topological polar surface area (TPSA) is 112 Å². The highest BCUT2D eigenvalue weighted by Crippen LogP contribution is 2.07. The Labute approximate surface area is 136 Å². The summed E-state index contributed by atoms with van der Waals surface area (Å²) in [6.07, 6.45) is 0.140. The van der Waals surface area contributed by atoms with Crippen LogP contribution in [0.4, 0.5) is 0 Å². The Hall–Kier alpha value is -0.610. The van der Waals surface area contributed by atoms with E-state index < -0.39 is 25.6 Å². The van der Waals surface area contributed by atoms with E-state index in [1.54, 1.807) is 0 Å². The predicted molar refractivity (Wildman–Crippen MR) is 86.3 cm³/mol. The second-order valence-corrected chi connectivity index (χ2v) is 10.6. The van der Waals surface area contributed by atoms with Crippen LogP contribution in [0, 0.1) is 0 Å². The van der Waals surface area contributed by atoms with Crippen molar-refractivity contribution < 1.29 is 31.2 Å². The predicted octanol–water partition coefficient (Wildman–Crippen LogP) is 0.439. The lowest BCUT2D eigenvalue weighted by molar-refractivity contribution is -0.140. The normalized spacial score (nSPS) is 12.1. The largest absolute Gasteiger partial charge is 0.469 e. The minimum absolute atomic E-state index is 0.00565. The lowest BCUT2D eigenvalue weighted by Crippen LogP contribution is -2.19. The zero-order valence-electron chi connectivity index (χ0n) is 12.7. The number of rotatable bonds is 11. The van der Waals surface area contributed by atoms with Gasteiger partial charge in [0.25, 0.3) is 0 Å². The lowest BCUT2D eigenvalue weighted by atomic mass is 10.5. The number of sulfone groups is 2. The monoisotopic (exact) mass is 374 g/mol. The average molecular weight is 375 g/mol. The molecule has 0 radical (unpaired) electrons. The molecular formula is C12H22O7S3. The Bertz CT molecular complexity index is 564. The fourth-order valence-corrected chi connectivity index (χ4v) is 5.12. The maximum Gasteiger partial charge on any atom is 0.306 e. The van der Waals surface area contributed by atoms with Gasteiger partial charge in [-0.3, -0.25) is 9.59 Å². The van der Waals surface area contributed by atoms with Crippen LogP contribution in [0.1, 0.15) is 26.2 Å². The highest BCUT2D eigenvalue weighted by molar-refractivity contribution is 8.13. The summed E-state index contributed by atoms with van der Waals surface area (Å²) in [5.74, 6) is -1.06. The molecule has 22 heavy (non-hydrogen) atoms. The van der Waals surface area contributed by atoms with Crippen molar-refractivity contribution in [1.82, 2.24) is 0 Å². The molecule has 7 nitrogen and oxygen atoms in total. The van der Waals surface area contributed by atoms with E-state index in [2.05, 4.69) is 4.74 Å². The zero-order chi connectivity index (χ0) is 17.2. The third-order valence-corrected chi connectivity index (χ3v) is 7.12. The average Bonchev–Trinajstić information content (AvgIpc) is 2.40. The van der Waals surface area contributed by atoms with Crippen LogP contribution >= 0.6 is 11.8 Å². The van der Waals surface area contributed by atoms with Crippen molar-refractivity contribution in [2.75, 3.05) is 35.9 Å². The molecular weight excluding hydrogens is 352 g/mol. The number of carbonyl (C=O) groups excluding carboxylic acids is 2. The van der Waals surface area contributed by atoms with Gasteiger partial charge in [-0.25, -0.2) is 16.8 Å². The second kappa shape index (κ2) is 10.2. The summed E-state index contributed by atoms with van der Waals surface area (Å²) in [6.45, 7) is 1.42. The first-order chi connectivity index (χ1) is 10.1. The van der Waals surface area contributed by atoms with Crippen molar-refractivity contribution in [2.45, 2.75) is 26.2 Å². The number of esters is 1. The third kappa shape index (κ3) is 12.0. The summed E-state index contributed by atoms with van der Waals surface area (Å²) in [4.78, 5) is 21.6. The molecule has 10 heteroatoms. The van der Waals surface area contributed by atoms with Crippen LogP contribution < -0.4 is 0 Å². The maximum atomic E-state index is 11.7. The number of methoxy groups -OCH3 is 1. The summed E-state index contributed by atoms with van der Waals surface area (Å²) in [5.41, 5.74) is 0. The van der Waals surface area contributed by atoms with Crippen molar-refractivity contribution in [2.24, 2.45) is 0 Å². The highest BCUT2D eigenvalue weighted by atomic mass is 32.2. The van der Waals surface area contributed by atoms with Gasteiger partial charge in [-0.15, -0.1) is 0 Å². The van der Waals surface area contributed by atoms with Crippen molar-refractivity contribution in [3.8, 4) is 0 Å². The molecule has 0 N–H and O–H groups in total. The SMILES string of the molecule is COC(=O)CCS(=O)(=O)CCCS(=O)(=O)CCCSC(C)=O. The molecule has 0 saturated heterocycles. The van der Waals surface area contributed by atoms with Gasteiger partial charge in [0.2, 0.25) is 0 Å². The van der Waals surface area contributed by atoms with E-state index in [1.165, 1.54) is 14.0 Å². The first-order valence-electron chi connectivity index (χ1n) is 6.69. The zero-order valence-corrected chi connectivity index (χ0v) is 15.2. The van der Waals surface area contributed by atoms with Crippen LogP contribution in [-0.2, 0) is 34.0 Å². The van der Waals surface area contributed by atoms with Crippen molar-refractivity contribution in [3.63, 3.8) is 0 Å². The van der Waals surface area contributed by atoms with E-state index in [9.17, 15) is 26.4 Å². The third-order valence-electron chi connectivity index (χ3n) is 2.66. The Balaban J connectivity index is 4.05. The molecule has 0 aliphatic rings. The summed E-state index contributed by atoms with van der Waals surface area (Å²) in [7, 11) is -5.61. The van der Waals surface area contributed by atoms with Gasteiger partial charge in [-0.1, -0.05) is 11.8 Å². The number of hydrogen-bond donors (Lipinski definition) is 0. The summed E-state index contributed by atoms with van der Waals surface area (Å²) < 4.78 is 51.0. The fraction of sp³-hybridized carbons (Fsp3) is 0.833. The smallest absolute Gasteiger partial charge is 0.306 e. The van der Waals surface area contributed by atoms with Gasteiger partial charge in [-0.05, 0) is 12.8 Å². The second-order valence-electron chi connectivity index (χ2n) is 4.68. The quantitative estimate of drug-likeness (QED) is 0.378. The van der Waals surface area contributed by atoms with E-state index in [4.69, 9.17) is 0 Å². The molecule has 0 unspecified atom stereocenters. The number of thioether (sulfide) groups is 1. The van der Waals surface area contributed by atoms with Gasteiger partial charge in [0.15, 0.2) is 15.0 Å². The van der Waals surface area contributed by atoms with Crippen LogP contribution in [0.2, 0.25) is 0 Å². The highest BCUT2D eigenvalue weighted by Gasteiger charge is 2.17. The van der Waals surface area contributed by atoms with Crippen molar-refractivity contribution >= 4 is 42.5 Å². The van der Waals surface area contributed by atoms with Gasteiger partial charge in [0.05, 0.1) is 36.5 Å². The molecule has 0 aliphatic heterocycles. The first-order valence-corrected chi connectivity index (χ1v) is 11.3. The Morgan fingerprint density at radius 2 is 1.41 bits per heavy atom. The van der Waals surface area contributed by atoms with E-state index >= 15 is 0 Å². The van der Waals surface area contributed by atoms with E-state index in [-0.39, 0.29) is 41.0 Å². The fourth-order valence-electron chi connectivity index (χ4n) is 1.54. The Kier molecular flexibility index (Phi) is 9.94. The van der Waals surface area contributed by atoms with Crippen LogP contribution in [0.5, 0.6) is 0 Å². The number of carbonyl (C=O) groups is 2. The molecule has 0 fully saturated rings. The van der Waals surface area contributed by atoms with Gasteiger partial charge in [0.1, 0.15) is 9.84 Å². The summed E-state index contributed by atoms with van der Waals surface area (Å²) in [5, 5.41) is -0.0610. The van der Waals surface area contributed by atoms with Crippen LogP contribution in [0.25, 0.3) is 0 Å². The standard InChI is InChI=1S/C12H22O7S3/c1-11(13)20-6-3-7-21(15,16)8-4-9-22(17,18)10-5-12(14)19-2/h3-10H2,1-2H3. The minimum Gasteiger partial charge on any atom is -0.469 e. The van der Waals surface area contributed by atoms with E-state index in [0.29, 0.717) is 12.2 Å². The molecule has 0 spiro atoms. The van der Waals surface area contributed by atoms with E-state index in [0.717, 1.165) is 11.8 Å². The van der Waals surface area contributed by atoms with Crippen LogP contribution in [0.3, 0.4) is 0 Å². The Morgan fingerprint density at radius 1 is 0.909 bits per heavy atom. The first kappa shape index (κ1) is 21.4. The van der Waals surface area contributed by atoms with Crippen LogP contribution in [-0.4, -0.2) is 63.8 Å². The maximum absolute atomic E-state index is 11.7. The molecule has 0 amide bonds. The van der Waals surface area contributed by atoms with Gasteiger partial charge >= 0.3 is 5.97 Å². The number of hydrogen-bond acceptors (Lipinski definition) is 8. The van der Waals surface area contributed by atoms with Gasteiger partial charge in [0, 0.05) is 12.7 Å². The van der Waals surface area contributed by atoms with Gasteiger partial charge in [-0.2, -0.15) is 0 Å². The van der Waals surface area contributed by atoms with Crippen molar-refractivity contribution in [3.05, 3.63) is 0 Å². The van der Waals surface area contributed by atoms with Gasteiger partial charge < -0.3 is 4.74 Å². The van der Waals surface area contributed by atoms with Crippen molar-refractivity contribution in [1.29, 1.82) is 0 Å². The van der Waals surface area contributed by atoms with Crippen LogP contribution in [0.15, 0.2) is 0 Å². The Morgan fingerprint density at radius 3 is 1.91 bits per heavy atom. The molecule has 0 aromatic rings. The molecule has 0 aromatic carbocycles. The molecule has 130 valence electrons. The molecule has 0 heterocycles. The van der Waals surface area contributed by atoms with E-state index in [1.807, 2.05) is 0 Å².